The van der Waals surface area contributed by atoms with Crippen molar-refractivity contribution >= 4 is 29.1 Å². The van der Waals surface area contributed by atoms with E-state index in [4.69, 9.17) is 16.3 Å². The SMILES string of the molecule is O=C(COc1cccc(Cl)c1)NCC(=O)Nc1ccc(F)cc1. The second-order valence-electron chi connectivity index (χ2n) is 4.58. The summed E-state index contributed by atoms with van der Waals surface area (Å²) < 4.78 is 18.0. The molecule has 0 bridgehead atoms. The number of halogens is 2. The lowest BCUT2D eigenvalue weighted by Gasteiger charge is -2.08. The summed E-state index contributed by atoms with van der Waals surface area (Å²) in [6.45, 7) is -0.445. The van der Waals surface area contributed by atoms with Crippen LogP contribution in [0.5, 0.6) is 5.75 Å². The van der Waals surface area contributed by atoms with Crippen molar-refractivity contribution < 1.29 is 18.7 Å². The van der Waals surface area contributed by atoms with Crippen LogP contribution in [-0.2, 0) is 9.59 Å². The highest BCUT2D eigenvalue weighted by molar-refractivity contribution is 6.30. The average molecular weight is 337 g/mol. The van der Waals surface area contributed by atoms with Crippen LogP contribution in [0.4, 0.5) is 10.1 Å². The maximum atomic E-state index is 12.7. The van der Waals surface area contributed by atoms with Crippen molar-refractivity contribution in [1.29, 1.82) is 0 Å². The molecular weight excluding hydrogens is 323 g/mol. The van der Waals surface area contributed by atoms with Crippen molar-refractivity contribution in [2.24, 2.45) is 0 Å². The van der Waals surface area contributed by atoms with E-state index in [1.165, 1.54) is 24.3 Å². The molecular formula is C16H14ClFN2O3. The molecule has 0 aromatic heterocycles. The van der Waals surface area contributed by atoms with Crippen LogP contribution in [0.3, 0.4) is 0 Å². The first kappa shape index (κ1) is 16.8. The summed E-state index contributed by atoms with van der Waals surface area (Å²) in [5, 5.41) is 5.44. The van der Waals surface area contributed by atoms with Crippen LogP contribution in [0.2, 0.25) is 5.02 Å². The minimum Gasteiger partial charge on any atom is -0.484 e. The Balaban J connectivity index is 1.71. The third-order valence-corrected chi connectivity index (χ3v) is 2.98. The summed E-state index contributed by atoms with van der Waals surface area (Å²) in [4.78, 5) is 23.2. The summed E-state index contributed by atoms with van der Waals surface area (Å²) in [5.74, 6) is -0.801. The van der Waals surface area contributed by atoms with Gasteiger partial charge in [0.05, 0.1) is 6.54 Å². The fraction of sp³-hybridized carbons (Fsp3) is 0.125. The van der Waals surface area contributed by atoms with Gasteiger partial charge in [-0.05, 0) is 42.5 Å². The molecule has 2 aromatic carbocycles. The molecule has 0 unspecified atom stereocenters. The molecule has 2 N–H and O–H groups in total. The van der Waals surface area contributed by atoms with Crippen LogP contribution in [0.1, 0.15) is 0 Å². The van der Waals surface area contributed by atoms with Gasteiger partial charge >= 0.3 is 0 Å². The number of anilines is 1. The summed E-state index contributed by atoms with van der Waals surface area (Å²) in [7, 11) is 0. The first-order chi connectivity index (χ1) is 11.0. The second kappa shape index (κ2) is 8.14. The first-order valence-electron chi connectivity index (χ1n) is 6.73. The molecule has 2 aromatic rings. The lowest BCUT2D eigenvalue weighted by Crippen LogP contribution is -2.35. The molecule has 7 heteroatoms. The van der Waals surface area contributed by atoms with Gasteiger partial charge in [-0.1, -0.05) is 17.7 Å². The lowest BCUT2D eigenvalue weighted by atomic mass is 10.3. The molecule has 2 amide bonds. The summed E-state index contributed by atoms with van der Waals surface area (Å²) in [5.41, 5.74) is 0.445. The van der Waals surface area contributed by atoms with Crippen LogP contribution in [0, 0.1) is 5.82 Å². The quantitative estimate of drug-likeness (QED) is 0.852. The summed E-state index contributed by atoms with van der Waals surface area (Å²) >= 11 is 5.79. The van der Waals surface area contributed by atoms with Crippen molar-refractivity contribution in [3.8, 4) is 5.75 Å². The van der Waals surface area contributed by atoms with Gasteiger partial charge in [0.15, 0.2) is 6.61 Å². The number of nitrogens with one attached hydrogen (secondary N) is 2. The first-order valence-corrected chi connectivity index (χ1v) is 7.11. The van der Waals surface area contributed by atoms with Crippen LogP contribution < -0.4 is 15.4 Å². The number of amides is 2. The van der Waals surface area contributed by atoms with E-state index in [1.807, 2.05) is 0 Å². The molecule has 2 rings (SSSR count). The maximum absolute atomic E-state index is 12.7. The van der Waals surface area contributed by atoms with Gasteiger partial charge in [-0.3, -0.25) is 9.59 Å². The largest absolute Gasteiger partial charge is 0.484 e. The molecule has 0 spiro atoms. The number of carbonyl (C=O) groups excluding carboxylic acids is 2. The predicted molar refractivity (Wildman–Crippen MR) is 85.0 cm³/mol. The third-order valence-electron chi connectivity index (χ3n) is 2.74. The van der Waals surface area contributed by atoms with Gasteiger partial charge in [0.2, 0.25) is 5.91 Å². The monoisotopic (exact) mass is 336 g/mol. The Morgan fingerprint density at radius 3 is 2.52 bits per heavy atom. The third kappa shape index (κ3) is 5.96. The van der Waals surface area contributed by atoms with Gasteiger partial charge in [-0.2, -0.15) is 0 Å². The van der Waals surface area contributed by atoms with E-state index >= 15 is 0 Å². The number of benzene rings is 2. The fourth-order valence-corrected chi connectivity index (χ4v) is 1.85. The van der Waals surface area contributed by atoms with Gasteiger partial charge in [0.25, 0.3) is 5.91 Å². The Kier molecular flexibility index (Phi) is 5.94. The Morgan fingerprint density at radius 1 is 1.09 bits per heavy atom. The van der Waals surface area contributed by atoms with E-state index < -0.39 is 17.6 Å². The van der Waals surface area contributed by atoms with E-state index in [0.29, 0.717) is 16.5 Å². The van der Waals surface area contributed by atoms with Crippen LogP contribution in [0.15, 0.2) is 48.5 Å². The van der Waals surface area contributed by atoms with E-state index in [9.17, 15) is 14.0 Å². The Labute approximate surface area is 137 Å². The topological polar surface area (TPSA) is 67.4 Å². The van der Waals surface area contributed by atoms with Gasteiger partial charge in [-0.15, -0.1) is 0 Å². The van der Waals surface area contributed by atoms with E-state index in [-0.39, 0.29) is 13.2 Å². The molecule has 0 atom stereocenters. The maximum Gasteiger partial charge on any atom is 0.258 e. The predicted octanol–water partition coefficient (Wildman–Crippen LogP) is 2.61. The van der Waals surface area contributed by atoms with Crippen molar-refractivity contribution in [1.82, 2.24) is 5.32 Å². The second-order valence-corrected chi connectivity index (χ2v) is 5.01. The number of ether oxygens (including phenoxy) is 1. The normalized spacial score (nSPS) is 10.0. The zero-order chi connectivity index (χ0) is 16.7. The molecule has 0 aliphatic heterocycles. The Bertz CT molecular complexity index is 692. The van der Waals surface area contributed by atoms with E-state index in [0.717, 1.165) is 0 Å². The highest BCUT2D eigenvalue weighted by atomic mass is 35.5. The van der Waals surface area contributed by atoms with Gasteiger partial charge < -0.3 is 15.4 Å². The molecule has 23 heavy (non-hydrogen) atoms. The van der Waals surface area contributed by atoms with Gasteiger partial charge in [0, 0.05) is 10.7 Å². The zero-order valence-electron chi connectivity index (χ0n) is 12.0. The van der Waals surface area contributed by atoms with Crippen molar-refractivity contribution in [2.45, 2.75) is 0 Å². The standard InChI is InChI=1S/C16H14ClFN2O3/c17-11-2-1-3-14(8-11)23-10-16(22)19-9-15(21)20-13-6-4-12(18)5-7-13/h1-8H,9-10H2,(H,19,22)(H,20,21). The summed E-state index contributed by atoms with van der Waals surface area (Å²) in [6.07, 6.45) is 0. The highest BCUT2D eigenvalue weighted by Crippen LogP contribution is 2.16. The van der Waals surface area contributed by atoms with Gasteiger partial charge in [-0.25, -0.2) is 4.39 Å². The highest BCUT2D eigenvalue weighted by Gasteiger charge is 2.07. The molecule has 0 saturated carbocycles. The van der Waals surface area contributed by atoms with Crippen LogP contribution in [0.25, 0.3) is 0 Å². The molecule has 0 aliphatic carbocycles. The number of hydrogen-bond donors (Lipinski definition) is 2. The minimum absolute atomic E-state index is 0.213. The van der Waals surface area contributed by atoms with Crippen LogP contribution >= 0.6 is 11.6 Å². The minimum atomic E-state index is -0.445. The average Bonchev–Trinajstić information content (AvgIpc) is 2.53. The van der Waals surface area contributed by atoms with Crippen molar-refractivity contribution in [3.05, 3.63) is 59.4 Å². The molecule has 120 valence electrons. The smallest absolute Gasteiger partial charge is 0.258 e. The Hall–Kier alpha value is -2.60. The van der Waals surface area contributed by atoms with Crippen molar-refractivity contribution in [2.75, 3.05) is 18.5 Å². The zero-order valence-corrected chi connectivity index (χ0v) is 12.8. The number of carbonyl (C=O) groups is 2. The van der Waals surface area contributed by atoms with Crippen LogP contribution in [-0.4, -0.2) is 25.0 Å². The Morgan fingerprint density at radius 2 is 1.83 bits per heavy atom. The molecule has 0 fully saturated rings. The molecule has 0 radical (unpaired) electrons. The van der Waals surface area contributed by atoms with E-state index in [2.05, 4.69) is 10.6 Å². The number of hydrogen-bond acceptors (Lipinski definition) is 3. The molecule has 0 saturated heterocycles. The summed E-state index contributed by atoms with van der Waals surface area (Å²) in [6, 6.07) is 11.9. The lowest BCUT2D eigenvalue weighted by molar-refractivity contribution is -0.125. The fourth-order valence-electron chi connectivity index (χ4n) is 1.67. The molecule has 0 heterocycles. The molecule has 5 nitrogen and oxygen atoms in total. The van der Waals surface area contributed by atoms with E-state index in [1.54, 1.807) is 24.3 Å². The number of rotatable bonds is 6. The van der Waals surface area contributed by atoms with Gasteiger partial charge in [0.1, 0.15) is 11.6 Å². The molecule has 0 aliphatic rings. The van der Waals surface area contributed by atoms with Crippen molar-refractivity contribution in [3.63, 3.8) is 0 Å².